The monoisotopic (exact) mass is 375 g/mol. The lowest BCUT2D eigenvalue weighted by atomic mass is 9.84. The molecule has 0 radical (unpaired) electrons. The van der Waals surface area contributed by atoms with Gasteiger partial charge in [0.05, 0.1) is 16.1 Å². The van der Waals surface area contributed by atoms with Crippen molar-refractivity contribution < 1.29 is 14.0 Å². The van der Waals surface area contributed by atoms with Gasteiger partial charge >= 0.3 is 0 Å². The number of rotatable bonds is 6. The van der Waals surface area contributed by atoms with Crippen LogP contribution in [0.4, 0.5) is 5.00 Å². The van der Waals surface area contributed by atoms with E-state index in [1.54, 1.807) is 18.2 Å². The number of furan rings is 1. The highest BCUT2D eigenvalue weighted by atomic mass is 32.1. The molecule has 1 fully saturated rings. The van der Waals surface area contributed by atoms with Crippen molar-refractivity contribution in [3.05, 3.63) is 40.7 Å². The Bertz CT molecular complexity index is 748. The molecule has 6 nitrogen and oxygen atoms in total. The van der Waals surface area contributed by atoms with E-state index in [1.807, 2.05) is 6.92 Å². The Kier molecular flexibility index (Phi) is 6.11. The Hall–Kier alpha value is -2.12. The molecule has 0 aromatic carbocycles. The molecule has 0 bridgehead atoms. The molecule has 1 saturated carbocycles. The molecule has 1 atom stereocenters. The van der Waals surface area contributed by atoms with E-state index >= 15 is 0 Å². The van der Waals surface area contributed by atoms with Gasteiger partial charge in [-0.05, 0) is 49.4 Å². The summed E-state index contributed by atoms with van der Waals surface area (Å²) in [7, 11) is 0. The van der Waals surface area contributed by atoms with Gasteiger partial charge < -0.3 is 20.8 Å². The van der Waals surface area contributed by atoms with Crippen LogP contribution in [0.5, 0.6) is 0 Å². The summed E-state index contributed by atoms with van der Waals surface area (Å²) in [5.74, 6) is 0.246. The molecule has 1 unspecified atom stereocenters. The highest BCUT2D eigenvalue weighted by Crippen LogP contribution is 2.29. The van der Waals surface area contributed by atoms with Crippen LogP contribution in [0.15, 0.2) is 28.9 Å². The molecule has 3 rings (SSSR count). The lowest BCUT2D eigenvalue weighted by molar-refractivity contribution is 0.0918. The van der Waals surface area contributed by atoms with E-state index in [2.05, 4.69) is 10.6 Å². The fourth-order valence-electron chi connectivity index (χ4n) is 3.49. The minimum absolute atomic E-state index is 0.00506. The van der Waals surface area contributed by atoms with Crippen LogP contribution in [0.1, 0.15) is 57.9 Å². The van der Waals surface area contributed by atoms with Gasteiger partial charge in [0.2, 0.25) is 0 Å². The smallest absolute Gasteiger partial charge is 0.291 e. The predicted octanol–water partition coefficient (Wildman–Crippen LogP) is 3.54. The van der Waals surface area contributed by atoms with Crippen molar-refractivity contribution in [1.29, 1.82) is 0 Å². The summed E-state index contributed by atoms with van der Waals surface area (Å²) in [6, 6.07) is 5.06. The summed E-state index contributed by atoms with van der Waals surface area (Å²) in [4.78, 5) is 25.4. The first kappa shape index (κ1) is 18.7. The lowest BCUT2D eigenvalue weighted by Gasteiger charge is -2.30. The number of carbonyl (C=O) groups is 2. The van der Waals surface area contributed by atoms with Crippen molar-refractivity contribution in [2.75, 3.05) is 11.9 Å². The summed E-state index contributed by atoms with van der Waals surface area (Å²) < 4.78 is 5.09. The van der Waals surface area contributed by atoms with E-state index in [-0.39, 0.29) is 23.6 Å². The van der Waals surface area contributed by atoms with Crippen LogP contribution in [0.25, 0.3) is 0 Å². The zero-order valence-electron chi connectivity index (χ0n) is 14.9. The Morgan fingerprint density at radius 3 is 2.73 bits per heavy atom. The molecule has 0 saturated heterocycles. The average molecular weight is 375 g/mol. The zero-order valence-corrected chi connectivity index (χ0v) is 15.7. The van der Waals surface area contributed by atoms with Crippen LogP contribution >= 0.6 is 11.3 Å². The van der Waals surface area contributed by atoms with Crippen molar-refractivity contribution in [3.63, 3.8) is 0 Å². The topological polar surface area (TPSA) is 97.4 Å². The van der Waals surface area contributed by atoms with Crippen LogP contribution in [0, 0.1) is 12.8 Å². The molecule has 1 aliphatic rings. The number of hydrogen-bond acceptors (Lipinski definition) is 5. The third-order valence-electron chi connectivity index (χ3n) is 4.89. The number of nitrogens with one attached hydrogen (secondary N) is 2. The van der Waals surface area contributed by atoms with Crippen molar-refractivity contribution in [1.82, 2.24) is 5.32 Å². The fourth-order valence-corrected chi connectivity index (χ4v) is 4.46. The molecule has 26 heavy (non-hydrogen) atoms. The first-order chi connectivity index (χ1) is 12.6. The molecular formula is C19H25N3O3S. The minimum atomic E-state index is -0.328. The van der Waals surface area contributed by atoms with Gasteiger partial charge in [-0.1, -0.05) is 19.3 Å². The molecule has 2 amide bonds. The number of amides is 2. The fraction of sp³-hybridized carbons (Fsp3) is 0.474. The Morgan fingerprint density at radius 1 is 1.31 bits per heavy atom. The van der Waals surface area contributed by atoms with Crippen LogP contribution < -0.4 is 16.4 Å². The van der Waals surface area contributed by atoms with E-state index in [1.165, 1.54) is 36.9 Å². The largest absolute Gasteiger partial charge is 0.459 e. The molecule has 140 valence electrons. The highest BCUT2D eigenvalue weighted by Gasteiger charge is 2.25. The third-order valence-corrected chi connectivity index (χ3v) is 6.05. The van der Waals surface area contributed by atoms with Gasteiger partial charge in [-0.3, -0.25) is 9.59 Å². The van der Waals surface area contributed by atoms with Crippen molar-refractivity contribution in [2.45, 2.75) is 45.1 Å². The van der Waals surface area contributed by atoms with Gasteiger partial charge in [0.25, 0.3) is 11.8 Å². The average Bonchev–Trinajstić information content (AvgIpc) is 3.30. The number of nitrogens with two attached hydrogens (primary N) is 1. The Balaban J connectivity index is 1.65. The van der Waals surface area contributed by atoms with Gasteiger partial charge in [0.1, 0.15) is 0 Å². The van der Waals surface area contributed by atoms with E-state index in [4.69, 9.17) is 10.2 Å². The van der Waals surface area contributed by atoms with Crippen molar-refractivity contribution in [3.8, 4) is 0 Å². The maximum absolute atomic E-state index is 12.7. The lowest BCUT2D eigenvalue weighted by Crippen LogP contribution is -2.45. The van der Waals surface area contributed by atoms with Crippen molar-refractivity contribution >= 4 is 28.2 Å². The number of hydrogen-bond donors (Lipinski definition) is 3. The van der Waals surface area contributed by atoms with Crippen LogP contribution in [0.2, 0.25) is 0 Å². The van der Waals surface area contributed by atoms with Crippen LogP contribution in [-0.4, -0.2) is 24.4 Å². The standard InChI is InChI=1S/C19H25N3O3S/c1-12-10-16(22-18(23)15-8-5-9-25-15)26-17(12)19(24)21-14(11-20)13-6-3-2-4-7-13/h5,8-10,13-14H,2-4,6-7,11,20H2,1H3,(H,21,24)(H,22,23). The van der Waals surface area contributed by atoms with E-state index in [0.29, 0.717) is 22.3 Å². The van der Waals surface area contributed by atoms with Gasteiger partial charge in [-0.25, -0.2) is 0 Å². The normalized spacial score (nSPS) is 16.2. The van der Waals surface area contributed by atoms with Gasteiger partial charge in [0.15, 0.2) is 5.76 Å². The molecule has 1 aliphatic carbocycles. The first-order valence-corrected chi connectivity index (χ1v) is 9.86. The SMILES string of the molecule is Cc1cc(NC(=O)c2ccco2)sc1C(=O)NC(CN)C1CCCCC1. The highest BCUT2D eigenvalue weighted by molar-refractivity contribution is 7.18. The minimum Gasteiger partial charge on any atom is -0.459 e. The molecule has 2 heterocycles. The first-order valence-electron chi connectivity index (χ1n) is 9.04. The molecule has 0 spiro atoms. The van der Waals surface area contributed by atoms with Gasteiger partial charge in [-0.15, -0.1) is 11.3 Å². The molecule has 4 N–H and O–H groups in total. The van der Waals surface area contributed by atoms with Crippen LogP contribution in [0.3, 0.4) is 0 Å². The Labute approximate surface area is 157 Å². The van der Waals surface area contributed by atoms with E-state index < -0.39 is 0 Å². The maximum Gasteiger partial charge on any atom is 0.291 e. The van der Waals surface area contributed by atoms with Gasteiger partial charge in [0, 0.05) is 12.6 Å². The summed E-state index contributed by atoms with van der Waals surface area (Å²) >= 11 is 1.27. The molecule has 7 heteroatoms. The molecule has 0 aliphatic heterocycles. The zero-order chi connectivity index (χ0) is 18.5. The number of carbonyl (C=O) groups excluding carboxylic acids is 2. The second kappa shape index (κ2) is 8.51. The summed E-state index contributed by atoms with van der Waals surface area (Å²) in [5.41, 5.74) is 6.75. The number of anilines is 1. The summed E-state index contributed by atoms with van der Waals surface area (Å²) in [6.45, 7) is 2.31. The number of aryl methyl sites for hydroxylation is 1. The van der Waals surface area contributed by atoms with Crippen LogP contribution in [-0.2, 0) is 0 Å². The Morgan fingerprint density at radius 2 is 2.08 bits per heavy atom. The number of thiophene rings is 1. The summed E-state index contributed by atoms with van der Waals surface area (Å²) in [5, 5.41) is 6.50. The molecular weight excluding hydrogens is 350 g/mol. The van der Waals surface area contributed by atoms with E-state index in [9.17, 15) is 9.59 Å². The second-order valence-electron chi connectivity index (χ2n) is 6.77. The summed E-state index contributed by atoms with van der Waals surface area (Å²) in [6.07, 6.45) is 7.37. The maximum atomic E-state index is 12.7. The predicted molar refractivity (Wildman–Crippen MR) is 103 cm³/mol. The van der Waals surface area contributed by atoms with E-state index in [0.717, 1.165) is 18.4 Å². The second-order valence-corrected chi connectivity index (χ2v) is 7.82. The quantitative estimate of drug-likeness (QED) is 0.719. The molecule has 2 aromatic heterocycles. The third kappa shape index (κ3) is 4.34. The van der Waals surface area contributed by atoms with Crippen molar-refractivity contribution in [2.24, 2.45) is 11.7 Å². The van der Waals surface area contributed by atoms with Gasteiger partial charge in [-0.2, -0.15) is 0 Å². The molecule has 2 aromatic rings.